The molecule has 0 spiro atoms. The number of piperazine rings is 1. The van der Waals surface area contributed by atoms with Crippen molar-refractivity contribution in [3.05, 3.63) is 0 Å². The Hall–Kier alpha value is -0.610. The summed E-state index contributed by atoms with van der Waals surface area (Å²) in [4.78, 5) is 15.9. The van der Waals surface area contributed by atoms with E-state index in [-0.39, 0.29) is 5.91 Å². The highest BCUT2D eigenvalue weighted by atomic mass is 16.2. The van der Waals surface area contributed by atoms with Crippen molar-refractivity contribution in [3.63, 3.8) is 0 Å². The maximum Gasteiger partial charge on any atom is 0.237 e. The molecule has 1 heterocycles. The van der Waals surface area contributed by atoms with Crippen LogP contribution in [0.2, 0.25) is 0 Å². The Morgan fingerprint density at radius 3 is 2.73 bits per heavy atom. The number of nitrogens with one attached hydrogen (secondary N) is 1. The van der Waals surface area contributed by atoms with Gasteiger partial charge in [-0.3, -0.25) is 4.79 Å². The van der Waals surface area contributed by atoms with Crippen molar-refractivity contribution in [1.29, 1.82) is 0 Å². The highest BCUT2D eigenvalue weighted by Gasteiger charge is 2.28. The average molecular weight is 213 g/mol. The SMILES string of the molecule is CC(C)C1CNCCN1C(=O)CN(C)C. The van der Waals surface area contributed by atoms with E-state index in [2.05, 4.69) is 19.2 Å². The van der Waals surface area contributed by atoms with E-state index < -0.39 is 0 Å². The van der Waals surface area contributed by atoms with Crippen LogP contribution in [0.3, 0.4) is 0 Å². The van der Waals surface area contributed by atoms with Gasteiger partial charge in [-0.05, 0) is 20.0 Å². The molecular weight excluding hydrogens is 190 g/mol. The molecule has 1 unspecified atom stereocenters. The fourth-order valence-corrected chi connectivity index (χ4v) is 1.99. The second-order valence-corrected chi connectivity index (χ2v) is 4.84. The minimum atomic E-state index is 0.250. The fourth-order valence-electron chi connectivity index (χ4n) is 1.99. The lowest BCUT2D eigenvalue weighted by molar-refractivity contribution is -0.136. The first kappa shape index (κ1) is 12.5. The Balaban J connectivity index is 2.59. The van der Waals surface area contributed by atoms with E-state index >= 15 is 0 Å². The number of carbonyl (C=O) groups excluding carboxylic acids is 1. The smallest absolute Gasteiger partial charge is 0.237 e. The fraction of sp³-hybridized carbons (Fsp3) is 0.909. The van der Waals surface area contributed by atoms with Gasteiger partial charge in [0, 0.05) is 25.7 Å². The summed E-state index contributed by atoms with van der Waals surface area (Å²) in [7, 11) is 3.87. The van der Waals surface area contributed by atoms with Gasteiger partial charge in [-0.25, -0.2) is 0 Å². The summed E-state index contributed by atoms with van der Waals surface area (Å²) in [5, 5.41) is 3.35. The zero-order valence-electron chi connectivity index (χ0n) is 10.3. The van der Waals surface area contributed by atoms with Crippen molar-refractivity contribution in [3.8, 4) is 0 Å². The molecule has 1 saturated heterocycles. The van der Waals surface area contributed by atoms with Crippen LogP contribution in [0.4, 0.5) is 0 Å². The second kappa shape index (κ2) is 5.47. The first-order valence-electron chi connectivity index (χ1n) is 5.67. The number of likely N-dealkylation sites (N-methyl/N-ethyl adjacent to an activating group) is 1. The van der Waals surface area contributed by atoms with Crippen molar-refractivity contribution in [2.45, 2.75) is 19.9 Å². The largest absolute Gasteiger partial charge is 0.336 e. The number of amides is 1. The molecule has 0 bridgehead atoms. The van der Waals surface area contributed by atoms with E-state index in [1.165, 1.54) is 0 Å². The van der Waals surface area contributed by atoms with Crippen LogP contribution in [-0.2, 0) is 4.79 Å². The van der Waals surface area contributed by atoms with Gasteiger partial charge in [-0.1, -0.05) is 13.8 Å². The molecule has 0 aromatic rings. The molecule has 0 aliphatic carbocycles. The van der Waals surface area contributed by atoms with Gasteiger partial charge >= 0.3 is 0 Å². The van der Waals surface area contributed by atoms with Gasteiger partial charge < -0.3 is 15.1 Å². The summed E-state index contributed by atoms with van der Waals surface area (Å²) in [5.41, 5.74) is 0. The van der Waals surface area contributed by atoms with Gasteiger partial charge in [0.05, 0.1) is 6.54 Å². The third kappa shape index (κ3) is 3.47. The molecule has 4 nitrogen and oxygen atoms in total. The quantitative estimate of drug-likeness (QED) is 0.717. The number of rotatable bonds is 3. The number of hydrogen-bond acceptors (Lipinski definition) is 3. The Labute approximate surface area is 92.6 Å². The molecule has 4 heteroatoms. The lowest BCUT2D eigenvalue weighted by Crippen LogP contribution is -2.57. The standard InChI is InChI=1S/C11H23N3O/c1-9(2)10-7-12-5-6-14(10)11(15)8-13(3)4/h9-10,12H,5-8H2,1-4H3. The molecule has 0 aromatic heterocycles. The van der Waals surface area contributed by atoms with Crippen LogP contribution in [-0.4, -0.2) is 62.0 Å². The Morgan fingerprint density at radius 1 is 1.53 bits per heavy atom. The van der Waals surface area contributed by atoms with Gasteiger partial charge in [-0.15, -0.1) is 0 Å². The van der Waals surface area contributed by atoms with Crippen molar-refractivity contribution in [2.75, 3.05) is 40.3 Å². The molecule has 1 fully saturated rings. The van der Waals surface area contributed by atoms with E-state index in [0.717, 1.165) is 19.6 Å². The predicted octanol–water partition coefficient (Wildman–Crippen LogP) is 0.00440. The third-order valence-corrected chi connectivity index (χ3v) is 2.82. The molecule has 0 aromatic carbocycles. The van der Waals surface area contributed by atoms with Gasteiger partial charge in [0.25, 0.3) is 0 Å². The molecule has 1 aliphatic rings. The van der Waals surface area contributed by atoms with E-state index in [4.69, 9.17) is 0 Å². The molecule has 15 heavy (non-hydrogen) atoms. The first-order valence-corrected chi connectivity index (χ1v) is 5.67. The lowest BCUT2D eigenvalue weighted by Gasteiger charge is -2.39. The topological polar surface area (TPSA) is 35.6 Å². The van der Waals surface area contributed by atoms with Gasteiger partial charge in [-0.2, -0.15) is 0 Å². The molecular formula is C11H23N3O. The average Bonchev–Trinajstić information content (AvgIpc) is 2.16. The van der Waals surface area contributed by atoms with Crippen LogP contribution in [0.25, 0.3) is 0 Å². The summed E-state index contributed by atoms with van der Waals surface area (Å²) in [6.07, 6.45) is 0. The summed E-state index contributed by atoms with van der Waals surface area (Å²) < 4.78 is 0. The third-order valence-electron chi connectivity index (χ3n) is 2.82. The number of carbonyl (C=O) groups is 1. The summed E-state index contributed by atoms with van der Waals surface area (Å²) >= 11 is 0. The molecule has 1 atom stereocenters. The van der Waals surface area contributed by atoms with Crippen LogP contribution in [0.1, 0.15) is 13.8 Å². The predicted molar refractivity (Wildman–Crippen MR) is 61.8 cm³/mol. The first-order chi connectivity index (χ1) is 7.02. The molecule has 1 rings (SSSR count). The molecule has 1 amide bonds. The molecule has 0 saturated carbocycles. The minimum absolute atomic E-state index is 0.250. The van der Waals surface area contributed by atoms with Crippen LogP contribution >= 0.6 is 0 Å². The monoisotopic (exact) mass is 213 g/mol. The molecule has 1 aliphatic heterocycles. The summed E-state index contributed by atoms with van der Waals surface area (Å²) in [5.74, 6) is 0.768. The van der Waals surface area contributed by atoms with Crippen molar-refractivity contribution >= 4 is 5.91 Å². The van der Waals surface area contributed by atoms with E-state index in [9.17, 15) is 4.79 Å². The van der Waals surface area contributed by atoms with Crippen LogP contribution in [0.5, 0.6) is 0 Å². The Morgan fingerprint density at radius 2 is 2.20 bits per heavy atom. The lowest BCUT2D eigenvalue weighted by atomic mass is 10.0. The van der Waals surface area contributed by atoms with Crippen LogP contribution < -0.4 is 5.32 Å². The maximum atomic E-state index is 12.0. The highest BCUT2D eigenvalue weighted by molar-refractivity contribution is 5.78. The Bertz CT molecular complexity index is 216. The Kier molecular flexibility index (Phi) is 4.54. The number of nitrogens with zero attached hydrogens (tertiary/aromatic N) is 2. The van der Waals surface area contributed by atoms with Gasteiger partial charge in [0.15, 0.2) is 0 Å². The minimum Gasteiger partial charge on any atom is -0.336 e. The maximum absolute atomic E-state index is 12.0. The second-order valence-electron chi connectivity index (χ2n) is 4.84. The zero-order chi connectivity index (χ0) is 11.4. The zero-order valence-corrected chi connectivity index (χ0v) is 10.3. The van der Waals surface area contributed by atoms with Crippen molar-refractivity contribution in [1.82, 2.24) is 15.1 Å². The normalized spacial score (nSPS) is 22.5. The molecule has 0 radical (unpaired) electrons. The van der Waals surface area contributed by atoms with Crippen LogP contribution in [0, 0.1) is 5.92 Å². The van der Waals surface area contributed by atoms with Gasteiger partial charge in [0.1, 0.15) is 0 Å². The van der Waals surface area contributed by atoms with E-state index in [0.29, 0.717) is 18.5 Å². The van der Waals surface area contributed by atoms with Crippen molar-refractivity contribution < 1.29 is 4.79 Å². The van der Waals surface area contributed by atoms with Gasteiger partial charge in [0.2, 0.25) is 5.91 Å². The molecule has 1 N–H and O–H groups in total. The van der Waals surface area contributed by atoms with Crippen molar-refractivity contribution in [2.24, 2.45) is 5.92 Å². The number of hydrogen-bond donors (Lipinski definition) is 1. The van der Waals surface area contributed by atoms with E-state index in [1.54, 1.807) is 0 Å². The van der Waals surface area contributed by atoms with E-state index in [1.807, 2.05) is 23.9 Å². The highest BCUT2D eigenvalue weighted by Crippen LogP contribution is 2.13. The van der Waals surface area contributed by atoms with Crippen LogP contribution in [0.15, 0.2) is 0 Å². The summed E-state index contributed by atoms with van der Waals surface area (Å²) in [6, 6.07) is 0.353. The summed E-state index contributed by atoms with van der Waals surface area (Å²) in [6.45, 7) is 7.55. The molecule has 88 valence electrons.